The summed E-state index contributed by atoms with van der Waals surface area (Å²) in [7, 11) is 0. The van der Waals surface area contributed by atoms with Gasteiger partial charge in [-0.15, -0.1) is 0 Å². The van der Waals surface area contributed by atoms with Gasteiger partial charge in [-0.3, -0.25) is 14.4 Å². The Balaban J connectivity index is 1.65. The van der Waals surface area contributed by atoms with Gasteiger partial charge in [-0.05, 0) is 25.3 Å². The molecule has 1 N–H and O–H groups in total. The molecule has 1 aromatic rings. The van der Waals surface area contributed by atoms with Gasteiger partial charge in [0.25, 0.3) is 0 Å². The lowest BCUT2D eigenvalue weighted by molar-refractivity contribution is -0.151. The van der Waals surface area contributed by atoms with Gasteiger partial charge >= 0.3 is 5.97 Å². The van der Waals surface area contributed by atoms with E-state index in [4.69, 9.17) is 4.74 Å². The van der Waals surface area contributed by atoms with Crippen molar-refractivity contribution in [3.8, 4) is 0 Å². The zero-order valence-electron chi connectivity index (χ0n) is 14.7. The van der Waals surface area contributed by atoms with E-state index in [-0.39, 0.29) is 36.5 Å². The summed E-state index contributed by atoms with van der Waals surface area (Å²) in [4.78, 5) is 37.5. The Bertz CT molecular complexity index is 580. The molecule has 1 fully saturated rings. The average Bonchev–Trinajstić information content (AvgIpc) is 2.65. The number of esters is 1. The largest absolute Gasteiger partial charge is 0.466 e. The van der Waals surface area contributed by atoms with Crippen LogP contribution in [0.25, 0.3) is 0 Å². The molecule has 0 atom stereocenters. The molecule has 25 heavy (non-hydrogen) atoms. The number of piperidine rings is 1. The van der Waals surface area contributed by atoms with Crippen molar-refractivity contribution in [2.24, 2.45) is 5.92 Å². The number of ether oxygens (including phenoxy) is 1. The van der Waals surface area contributed by atoms with Crippen molar-refractivity contribution in [1.29, 1.82) is 0 Å². The molecule has 0 aliphatic carbocycles. The first kappa shape index (κ1) is 19.0. The van der Waals surface area contributed by atoms with Crippen LogP contribution in [0.5, 0.6) is 0 Å². The molecule has 0 bridgehead atoms. The maximum Gasteiger partial charge on any atom is 0.309 e. The van der Waals surface area contributed by atoms with E-state index >= 15 is 0 Å². The standard InChI is InChI=1S/C19H26N2O4/c1-2-25-19(24)16-10-12-21(13-11-16)18(23)9-8-17(22)20-14-15-6-4-3-5-7-15/h3-7,16H,2,8-14H2,1H3,(H,20,22). The van der Waals surface area contributed by atoms with Gasteiger partial charge in [0.05, 0.1) is 12.5 Å². The quantitative estimate of drug-likeness (QED) is 0.765. The molecule has 0 spiro atoms. The van der Waals surface area contributed by atoms with Crippen LogP contribution in [0.1, 0.15) is 38.2 Å². The summed E-state index contributed by atoms with van der Waals surface area (Å²) in [6.07, 6.45) is 1.64. The molecule has 1 aliphatic heterocycles. The minimum atomic E-state index is -0.171. The molecule has 1 aromatic carbocycles. The second-order valence-electron chi connectivity index (χ2n) is 6.17. The molecule has 0 aromatic heterocycles. The van der Waals surface area contributed by atoms with Gasteiger partial charge in [-0.25, -0.2) is 0 Å². The predicted molar refractivity (Wildman–Crippen MR) is 93.5 cm³/mol. The molecule has 0 saturated carbocycles. The van der Waals surface area contributed by atoms with Gasteiger partial charge in [-0.2, -0.15) is 0 Å². The Hall–Kier alpha value is -2.37. The second kappa shape index (κ2) is 9.81. The first-order valence-corrected chi connectivity index (χ1v) is 8.85. The fourth-order valence-corrected chi connectivity index (χ4v) is 2.89. The SMILES string of the molecule is CCOC(=O)C1CCN(C(=O)CCC(=O)NCc2ccccc2)CC1. The van der Waals surface area contributed by atoms with Crippen LogP contribution in [0.3, 0.4) is 0 Å². The third-order valence-corrected chi connectivity index (χ3v) is 4.37. The maximum absolute atomic E-state index is 12.2. The molecule has 6 nitrogen and oxygen atoms in total. The van der Waals surface area contributed by atoms with Gasteiger partial charge in [0.1, 0.15) is 0 Å². The first-order chi connectivity index (χ1) is 12.1. The zero-order chi connectivity index (χ0) is 18.1. The molecule has 0 unspecified atom stereocenters. The Morgan fingerprint density at radius 2 is 1.80 bits per heavy atom. The van der Waals surface area contributed by atoms with Crippen molar-refractivity contribution in [3.05, 3.63) is 35.9 Å². The molecule has 1 aliphatic rings. The normalized spacial score (nSPS) is 14.8. The van der Waals surface area contributed by atoms with Crippen molar-refractivity contribution in [1.82, 2.24) is 10.2 Å². The molecule has 136 valence electrons. The fraction of sp³-hybridized carbons (Fsp3) is 0.526. The highest BCUT2D eigenvalue weighted by Gasteiger charge is 2.28. The van der Waals surface area contributed by atoms with E-state index in [1.54, 1.807) is 11.8 Å². The summed E-state index contributed by atoms with van der Waals surface area (Å²) >= 11 is 0. The molecule has 1 heterocycles. The van der Waals surface area contributed by atoms with Crippen LogP contribution >= 0.6 is 0 Å². The monoisotopic (exact) mass is 346 g/mol. The summed E-state index contributed by atoms with van der Waals surface area (Å²) in [5, 5.41) is 2.82. The number of nitrogens with one attached hydrogen (secondary N) is 1. The molecule has 2 amide bonds. The molecule has 6 heteroatoms. The van der Waals surface area contributed by atoms with Crippen LogP contribution in [0.15, 0.2) is 30.3 Å². The third kappa shape index (κ3) is 6.21. The molecule has 0 radical (unpaired) electrons. The van der Waals surface area contributed by atoms with Crippen molar-refractivity contribution in [2.75, 3.05) is 19.7 Å². The van der Waals surface area contributed by atoms with Crippen molar-refractivity contribution in [3.63, 3.8) is 0 Å². The second-order valence-corrected chi connectivity index (χ2v) is 6.17. The molecular weight excluding hydrogens is 320 g/mol. The van der Waals surface area contributed by atoms with Gasteiger partial charge in [0.2, 0.25) is 11.8 Å². The van der Waals surface area contributed by atoms with Gasteiger partial charge < -0.3 is 15.0 Å². The highest BCUT2D eigenvalue weighted by atomic mass is 16.5. The lowest BCUT2D eigenvalue weighted by Crippen LogP contribution is -2.41. The predicted octanol–water partition coefficient (Wildman–Crippen LogP) is 1.88. The van der Waals surface area contributed by atoms with E-state index < -0.39 is 0 Å². The van der Waals surface area contributed by atoms with Crippen LogP contribution in [0, 0.1) is 5.92 Å². The van der Waals surface area contributed by atoms with E-state index in [1.165, 1.54) is 0 Å². The van der Waals surface area contributed by atoms with Crippen molar-refractivity contribution in [2.45, 2.75) is 39.2 Å². The number of benzene rings is 1. The number of nitrogens with zero attached hydrogens (tertiary/aromatic N) is 1. The summed E-state index contributed by atoms with van der Waals surface area (Å²) in [6, 6.07) is 9.66. The number of carbonyl (C=O) groups excluding carboxylic acids is 3. The van der Waals surface area contributed by atoms with Gasteiger partial charge in [0, 0.05) is 32.5 Å². The number of carbonyl (C=O) groups is 3. The average molecular weight is 346 g/mol. The third-order valence-electron chi connectivity index (χ3n) is 4.37. The van der Waals surface area contributed by atoms with Crippen LogP contribution in [-0.4, -0.2) is 42.4 Å². The maximum atomic E-state index is 12.2. The summed E-state index contributed by atoms with van der Waals surface area (Å²) in [5.41, 5.74) is 1.03. The van der Waals surface area contributed by atoms with Gasteiger partial charge in [-0.1, -0.05) is 30.3 Å². The molecule has 1 saturated heterocycles. The van der Waals surface area contributed by atoms with E-state index in [0.29, 0.717) is 39.1 Å². The Kier molecular flexibility index (Phi) is 7.44. The fourth-order valence-electron chi connectivity index (χ4n) is 2.89. The Morgan fingerprint density at radius 1 is 1.12 bits per heavy atom. The zero-order valence-corrected chi connectivity index (χ0v) is 14.7. The highest BCUT2D eigenvalue weighted by molar-refractivity contribution is 5.84. The van der Waals surface area contributed by atoms with Crippen molar-refractivity contribution >= 4 is 17.8 Å². The lowest BCUT2D eigenvalue weighted by atomic mass is 9.96. The Morgan fingerprint density at radius 3 is 2.44 bits per heavy atom. The molecule has 2 rings (SSSR count). The smallest absolute Gasteiger partial charge is 0.309 e. The topological polar surface area (TPSA) is 75.7 Å². The molecular formula is C19H26N2O4. The van der Waals surface area contributed by atoms with E-state index in [1.807, 2.05) is 30.3 Å². The summed E-state index contributed by atoms with van der Waals surface area (Å²) in [5.74, 6) is -0.441. The first-order valence-electron chi connectivity index (χ1n) is 8.85. The highest BCUT2D eigenvalue weighted by Crippen LogP contribution is 2.19. The van der Waals surface area contributed by atoms with Crippen LogP contribution < -0.4 is 5.32 Å². The van der Waals surface area contributed by atoms with E-state index in [9.17, 15) is 14.4 Å². The lowest BCUT2D eigenvalue weighted by Gasteiger charge is -2.30. The number of hydrogen-bond donors (Lipinski definition) is 1. The van der Waals surface area contributed by atoms with Gasteiger partial charge in [0.15, 0.2) is 0 Å². The van der Waals surface area contributed by atoms with E-state index in [0.717, 1.165) is 5.56 Å². The Labute approximate surface area is 148 Å². The minimum absolute atomic E-state index is 0.0304. The number of hydrogen-bond acceptors (Lipinski definition) is 4. The summed E-state index contributed by atoms with van der Waals surface area (Å²) < 4.78 is 5.02. The minimum Gasteiger partial charge on any atom is -0.466 e. The van der Waals surface area contributed by atoms with Crippen LogP contribution in [-0.2, 0) is 25.7 Å². The van der Waals surface area contributed by atoms with Crippen LogP contribution in [0.2, 0.25) is 0 Å². The van der Waals surface area contributed by atoms with Crippen molar-refractivity contribution < 1.29 is 19.1 Å². The number of rotatable bonds is 7. The number of amides is 2. The number of likely N-dealkylation sites (tertiary alicyclic amines) is 1. The van der Waals surface area contributed by atoms with E-state index in [2.05, 4.69) is 5.32 Å². The van der Waals surface area contributed by atoms with Crippen LogP contribution in [0.4, 0.5) is 0 Å². The summed E-state index contributed by atoms with van der Waals surface area (Å²) in [6.45, 7) is 3.75.